The van der Waals surface area contributed by atoms with Crippen molar-refractivity contribution >= 4 is 29.5 Å². The molecule has 0 unspecified atom stereocenters. The highest BCUT2D eigenvalue weighted by atomic mass is 16.6. The average molecular weight is 496 g/mol. The number of carbonyl (C=O) groups is 2. The molecular weight excluding hydrogens is 476 g/mol. The molecule has 14 nitrogen and oxygen atoms in total. The number of hydrazone groups is 1. The normalized spacial score (nSPS) is 10.8. The van der Waals surface area contributed by atoms with Crippen LogP contribution in [-0.2, 0) is 11.3 Å². The number of hydrogen-bond donors (Lipinski definition) is 1. The first-order valence-corrected chi connectivity index (χ1v) is 10.3. The first kappa shape index (κ1) is 25.5. The van der Waals surface area contributed by atoms with E-state index in [1.54, 1.807) is 6.07 Å². The molecule has 36 heavy (non-hydrogen) atoms. The maximum absolute atomic E-state index is 12.4. The van der Waals surface area contributed by atoms with Gasteiger partial charge in [0.05, 0.1) is 28.7 Å². The zero-order valence-corrected chi connectivity index (χ0v) is 19.3. The number of aromatic nitrogens is 2. The molecule has 1 aromatic heterocycles. The summed E-state index contributed by atoms with van der Waals surface area (Å²) in [6.07, 6.45) is 1.33. The number of aryl methyl sites for hydroxylation is 1. The number of amides is 1. The zero-order valence-electron chi connectivity index (χ0n) is 19.3. The van der Waals surface area contributed by atoms with Gasteiger partial charge in [0.1, 0.15) is 17.9 Å². The lowest BCUT2D eigenvalue weighted by molar-refractivity contribution is -0.386. The van der Waals surface area contributed by atoms with Gasteiger partial charge < -0.3 is 9.47 Å². The van der Waals surface area contributed by atoms with Crippen LogP contribution in [0.2, 0.25) is 0 Å². The number of nitrogens with zero attached hydrogens (tertiary/aromatic N) is 5. The topological polar surface area (TPSA) is 181 Å². The average Bonchev–Trinajstić information content (AvgIpc) is 3.12. The van der Waals surface area contributed by atoms with E-state index >= 15 is 0 Å². The first-order valence-electron chi connectivity index (χ1n) is 10.3. The molecule has 3 aromatic rings. The minimum absolute atomic E-state index is 0.105. The van der Waals surface area contributed by atoms with E-state index in [0.29, 0.717) is 5.56 Å². The molecule has 0 radical (unpaired) electrons. The minimum Gasteiger partial charge on any atom is -0.493 e. The number of benzene rings is 2. The van der Waals surface area contributed by atoms with Crippen molar-refractivity contribution < 1.29 is 28.9 Å². The Morgan fingerprint density at radius 2 is 1.78 bits per heavy atom. The third-order valence-corrected chi connectivity index (χ3v) is 4.93. The van der Waals surface area contributed by atoms with Gasteiger partial charge in [0, 0.05) is 12.1 Å². The molecule has 0 aliphatic carbocycles. The first-order chi connectivity index (χ1) is 17.1. The van der Waals surface area contributed by atoms with Crippen LogP contribution in [-0.4, -0.2) is 44.8 Å². The highest BCUT2D eigenvalue weighted by Crippen LogP contribution is 2.28. The van der Waals surface area contributed by atoms with Gasteiger partial charge in [0.15, 0.2) is 11.5 Å². The van der Waals surface area contributed by atoms with Crippen LogP contribution in [0.4, 0.5) is 11.4 Å². The van der Waals surface area contributed by atoms with E-state index in [9.17, 15) is 29.8 Å². The van der Waals surface area contributed by atoms with Crippen molar-refractivity contribution in [1.29, 1.82) is 0 Å². The van der Waals surface area contributed by atoms with Gasteiger partial charge in [0.2, 0.25) is 0 Å². The van der Waals surface area contributed by atoms with Crippen molar-refractivity contribution in [1.82, 2.24) is 15.2 Å². The summed E-state index contributed by atoms with van der Waals surface area (Å²) < 4.78 is 11.8. The molecule has 1 heterocycles. The summed E-state index contributed by atoms with van der Waals surface area (Å²) in [7, 11) is 1.37. The van der Waals surface area contributed by atoms with Gasteiger partial charge in [-0.1, -0.05) is 0 Å². The second kappa shape index (κ2) is 10.9. The Morgan fingerprint density at radius 1 is 1.08 bits per heavy atom. The monoisotopic (exact) mass is 496 g/mol. The van der Waals surface area contributed by atoms with Crippen LogP contribution in [0.5, 0.6) is 11.5 Å². The molecule has 1 N–H and O–H groups in total. The number of esters is 1. The maximum atomic E-state index is 12.4. The van der Waals surface area contributed by atoms with Gasteiger partial charge in [-0.05, 0) is 49.7 Å². The van der Waals surface area contributed by atoms with Gasteiger partial charge in [-0.2, -0.15) is 10.2 Å². The lowest BCUT2D eigenvalue weighted by Gasteiger charge is -2.10. The van der Waals surface area contributed by atoms with E-state index in [2.05, 4.69) is 15.6 Å². The molecule has 0 saturated heterocycles. The van der Waals surface area contributed by atoms with Gasteiger partial charge in [-0.25, -0.2) is 10.2 Å². The molecule has 186 valence electrons. The minimum atomic E-state index is -0.735. The van der Waals surface area contributed by atoms with Crippen LogP contribution in [0.15, 0.2) is 47.6 Å². The summed E-state index contributed by atoms with van der Waals surface area (Å²) >= 11 is 0. The van der Waals surface area contributed by atoms with Crippen LogP contribution in [0.3, 0.4) is 0 Å². The zero-order chi connectivity index (χ0) is 26.4. The Bertz CT molecular complexity index is 1360. The number of non-ortho nitro benzene ring substituents is 1. The number of ether oxygens (including phenoxy) is 2. The van der Waals surface area contributed by atoms with Crippen molar-refractivity contribution in [2.24, 2.45) is 5.10 Å². The molecule has 0 bridgehead atoms. The van der Waals surface area contributed by atoms with Crippen molar-refractivity contribution in [3.8, 4) is 11.5 Å². The maximum Gasteiger partial charge on any atom is 0.343 e. The molecule has 1 amide bonds. The predicted molar refractivity (Wildman–Crippen MR) is 125 cm³/mol. The van der Waals surface area contributed by atoms with Crippen LogP contribution < -0.4 is 14.9 Å². The highest BCUT2D eigenvalue weighted by Gasteiger charge is 2.22. The number of hydrogen-bond acceptors (Lipinski definition) is 10. The van der Waals surface area contributed by atoms with E-state index in [0.717, 1.165) is 0 Å². The molecule has 0 atom stereocenters. The van der Waals surface area contributed by atoms with Gasteiger partial charge in [-0.15, -0.1) is 0 Å². The van der Waals surface area contributed by atoms with Crippen LogP contribution in [0, 0.1) is 34.1 Å². The van der Waals surface area contributed by atoms with Crippen molar-refractivity contribution in [3.05, 3.63) is 85.2 Å². The Balaban J connectivity index is 1.63. The summed E-state index contributed by atoms with van der Waals surface area (Å²) in [6, 6.07) is 9.47. The summed E-state index contributed by atoms with van der Waals surface area (Å²) in [4.78, 5) is 45.2. The van der Waals surface area contributed by atoms with Gasteiger partial charge in [-0.3, -0.25) is 29.7 Å². The van der Waals surface area contributed by atoms with Crippen LogP contribution >= 0.6 is 0 Å². The lowest BCUT2D eigenvalue weighted by Crippen LogP contribution is -2.24. The third kappa shape index (κ3) is 5.85. The smallest absolute Gasteiger partial charge is 0.343 e. The van der Waals surface area contributed by atoms with Crippen molar-refractivity contribution in [2.45, 2.75) is 20.4 Å². The number of rotatable bonds is 9. The lowest BCUT2D eigenvalue weighted by atomic mass is 10.2. The standard InChI is InChI=1S/C22H20N6O8/c1-13-21(28(33)34)14(2)26(25-13)12-20(29)24-23-11-15-4-9-18(19(10-15)35-3)36-22(30)16-5-7-17(8-6-16)27(31)32/h4-11H,12H2,1-3H3,(H,24,29)/b23-11+. The molecule has 0 aliphatic rings. The largest absolute Gasteiger partial charge is 0.493 e. The Hall–Kier alpha value is -5.14. The molecule has 0 spiro atoms. The SMILES string of the molecule is COc1cc(/C=N/NC(=O)Cn2nc(C)c([N+](=O)[O-])c2C)ccc1OC(=O)c1ccc([N+](=O)[O-])cc1. The number of nitrogens with one attached hydrogen (secondary N) is 1. The second-order valence-corrected chi connectivity index (χ2v) is 7.33. The van der Waals surface area contributed by atoms with E-state index < -0.39 is 21.7 Å². The molecule has 14 heteroatoms. The van der Waals surface area contributed by atoms with E-state index in [1.165, 1.54) is 68.3 Å². The molecular formula is C22H20N6O8. The van der Waals surface area contributed by atoms with E-state index in [4.69, 9.17) is 9.47 Å². The Kier molecular flexibility index (Phi) is 7.69. The molecule has 0 fully saturated rings. The van der Waals surface area contributed by atoms with Crippen molar-refractivity contribution in [3.63, 3.8) is 0 Å². The summed E-state index contributed by atoms with van der Waals surface area (Å²) in [5, 5.41) is 29.7. The second-order valence-electron chi connectivity index (χ2n) is 7.33. The number of methoxy groups -OCH3 is 1. The summed E-state index contributed by atoms with van der Waals surface area (Å²) in [5.41, 5.74) is 3.08. The predicted octanol–water partition coefficient (Wildman–Crippen LogP) is 2.69. The van der Waals surface area contributed by atoms with Crippen LogP contribution in [0.25, 0.3) is 0 Å². The molecule has 3 rings (SSSR count). The molecule has 0 aliphatic heterocycles. The number of nitro groups is 2. The fraction of sp³-hybridized carbons (Fsp3) is 0.182. The Morgan fingerprint density at radius 3 is 2.36 bits per heavy atom. The Labute approximate surface area is 203 Å². The quantitative estimate of drug-likeness (QED) is 0.153. The number of carbonyl (C=O) groups excluding carboxylic acids is 2. The summed E-state index contributed by atoms with van der Waals surface area (Å²) in [6.45, 7) is 2.72. The van der Waals surface area contributed by atoms with Gasteiger partial charge >= 0.3 is 11.7 Å². The fourth-order valence-corrected chi connectivity index (χ4v) is 3.18. The van der Waals surface area contributed by atoms with E-state index in [1.807, 2.05) is 0 Å². The molecule has 2 aromatic carbocycles. The highest BCUT2D eigenvalue weighted by molar-refractivity contribution is 5.92. The molecule has 0 saturated carbocycles. The summed E-state index contributed by atoms with van der Waals surface area (Å²) in [5.74, 6) is -0.975. The van der Waals surface area contributed by atoms with Gasteiger partial charge in [0.25, 0.3) is 11.6 Å². The van der Waals surface area contributed by atoms with E-state index in [-0.39, 0.29) is 46.4 Å². The van der Waals surface area contributed by atoms with Crippen LogP contribution in [0.1, 0.15) is 27.3 Å². The van der Waals surface area contributed by atoms with Crippen molar-refractivity contribution in [2.75, 3.05) is 7.11 Å². The third-order valence-electron chi connectivity index (χ3n) is 4.93. The number of nitro benzene ring substituents is 1. The fourth-order valence-electron chi connectivity index (χ4n) is 3.18.